The molecule has 26 heavy (non-hydrogen) atoms. The standard InChI is InChI=1S/C19H29N3O4/c1-14-8-15(2)11-21(10-14)19(3,4)13-20-18(23)12-26-17-7-5-6-16(9-17)22(24)25/h5-7,9,14-15H,8,10-13H2,1-4H3,(H,20,23). The highest BCUT2D eigenvalue weighted by atomic mass is 16.6. The Bertz CT molecular complexity index is 637. The minimum atomic E-state index is -0.490. The molecule has 1 aliphatic rings. The summed E-state index contributed by atoms with van der Waals surface area (Å²) in [5.41, 5.74) is -0.193. The molecule has 0 radical (unpaired) electrons. The number of non-ortho nitro benzene ring substituents is 1. The average molecular weight is 363 g/mol. The van der Waals surface area contributed by atoms with E-state index in [2.05, 4.69) is 37.9 Å². The Balaban J connectivity index is 1.82. The molecule has 144 valence electrons. The first-order valence-corrected chi connectivity index (χ1v) is 9.06. The third-order valence-electron chi connectivity index (χ3n) is 4.84. The molecule has 0 bridgehead atoms. The van der Waals surface area contributed by atoms with Crippen LogP contribution in [0.15, 0.2) is 24.3 Å². The van der Waals surface area contributed by atoms with Crippen molar-refractivity contribution in [1.29, 1.82) is 0 Å². The van der Waals surface area contributed by atoms with Gasteiger partial charge in [0.05, 0.1) is 11.0 Å². The van der Waals surface area contributed by atoms with Gasteiger partial charge >= 0.3 is 0 Å². The van der Waals surface area contributed by atoms with Gasteiger partial charge in [0.1, 0.15) is 5.75 Å². The molecule has 1 aromatic carbocycles. The van der Waals surface area contributed by atoms with Gasteiger partial charge in [-0.1, -0.05) is 19.9 Å². The predicted octanol–water partition coefficient (Wildman–Crippen LogP) is 2.85. The van der Waals surface area contributed by atoms with Crippen molar-refractivity contribution in [2.75, 3.05) is 26.2 Å². The number of nitrogens with zero attached hydrogens (tertiary/aromatic N) is 2. The van der Waals surface area contributed by atoms with Crippen LogP contribution >= 0.6 is 0 Å². The maximum atomic E-state index is 12.1. The zero-order valence-electron chi connectivity index (χ0n) is 16.0. The van der Waals surface area contributed by atoms with Crippen molar-refractivity contribution in [1.82, 2.24) is 10.2 Å². The first kappa shape index (κ1) is 20.2. The lowest BCUT2D eigenvalue weighted by atomic mass is 9.88. The molecule has 0 saturated carbocycles. The van der Waals surface area contributed by atoms with E-state index >= 15 is 0 Å². The monoisotopic (exact) mass is 363 g/mol. The molecule has 7 nitrogen and oxygen atoms in total. The smallest absolute Gasteiger partial charge is 0.273 e. The number of carbonyl (C=O) groups is 1. The highest BCUT2D eigenvalue weighted by molar-refractivity contribution is 5.77. The first-order chi connectivity index (χ1) is 12.2. The van der Waals surface area contributed by atoms with Crippen molar-refractivity contribution >= 4 is 11.6 Å². The molecule has 0 aliphatic carbocycles. The lowest BCUT2D eigenvalue weighted by molar-refractivity contribution is -0.384. The Labute approximate surface area is 154 Å². The van der Waals surface area contributed by atoms with Crippen molar-refractivity contribution in [3.05, 3.63) is 34.4 Å². The summed E-state index contributed by atoms with van der Waals surface area (Å²) < 4.78 is 5.37. The van der Waals surface area contributed by atoms with E-state index in [1.165, 1.54) is 24.6 Å². The Morgan fingerprint density at radius 2 is 2.00 bits per heavy atom. The second-order valence-electron chi connectivity index (χ2n) is 7.98. The molecule has 0 aromatic heterocycles. The van der Waals surface area contributed by atoms with E-state index < -0.39 is 4.92 Å². The van der Waals surface area contributed by atoms with E-state index in [1.807, 2.05) is 0 Å². The molecule has 1 aliphatic heterocycles. The minimum Gasteiger partial charge on any atom is -0.484 e. The van der Waals surface area contributed by atoms with Crippen LogP contribution in [-0.2, 0) is 4.79 Å². The van der Waals surface area contributed by atoms with Gasteiger partial charge < -0.3 is 10.1 Å². The summed E-state index contributed by atoms with van der Waals surface area (Å²) in [7, 11) is 0. The third-order valence-corrected chi connectivity index (χ3v) is 4.84. The largest absolute Gasteiger partial charge is 0.484 e. The number of likely N-dealkylation sites (tertiary alicyclic amines) is 1. The van der Waals surface area contributed by atoms with Crippen LogP contribution < -0.4 is 10.1 Å². The van der Waals surface area contributed by atoms with Gasteiger partial charge in [-0.25, -0.2) is 0 Å². The minimum absolute atomic E-state index is 0.0580. The first-order valence-electron chi connectivity index (χ1n) is 9.06. The van der Waals surface area contributed by atoms with E-state index in [-0.39, 0.29) is 23.7 Å². The number of hydrogen-bond donors (Lipinski definition) is 1. The van der Waals surface area contributed by atoms with Gasteiger partial charge in [-0.2, -0.15) is 0 Å². The number of hydrogen-bond acceptors (Lipinski definition) is 5. The summed E-state index contributed by atoms with van der Waals surface area (Å²) >= 11 is 0. The maximum absolute atomic E-state index is 12.1. The fourth-order valence-corrected chi connectivity index (χ4v) is 3.47. The van der Waals surface area contributed by atoms with Crippen LogP contribution in [0.1, 0.15) is 34.1 Å². The number of nitro groups is 1. The Morgan fingerprint density at radius 3 is 2.62 bits per heavy atom. The molecular weight excluding hydrogens is 334 g/mol. The fourth-order valence-electron chi connectivity index (χ4n) is 3.47. The van der Waals surface area contributed by atoms with Crippen LogP contribution in [0.25, 0.3) is 0 Å². The van der Waals surface area contributed by atoms with E-state index in [0.29, 0.717) is 24.1 Å². The van der Waals surface area contributed by atoms with Crippen molar-refractivity contribution in [3.63, 3.8) is 0 Å². The molecule has 1 aromatic rings. The Hall–Kier alpha value is -2.15. The summed E-state index contributed by atoms with van der Waals surface area (Å²) in [6.45, 7) is 11.3. The fraction of sp³-hybridized carbons (Fsp3) is 0.632. The number of piperidine rings is 1. The van der Waals surface area contributed by atoms with Gasteiger partial charge in [-0.15, -0.1) is 0 Å². The molecule has 2 rings (SSSR count). The summed E-state index contributed by atoms with van der Waals surface area (Å²) in [6.07, 6.45) is 1.25. The summed E-state index contributed by atoms with van der Waals surface area (Å²) in [6, 6.07) is 5.83. The van der Waals surface area contributed by atoms with E-state index in [4.69, 9.17) is 4.74 Å². The molecule has 1 heterocycles. The number of nitro benzene ring substituents is 1. The third kappa shape index (κ3) is 5.69. The highest BCUT2D eigenvalue weighted by Gasteiger charge is 2.32. The van der Waals surface area contributed by atoms with Crippen molar-refractivity contribution in [2.24, 2.45) is 11.8 Å². The lowest BCUT2D eigenvalue weighted by Gasteiger charge is -2.45. The number of ether oxygens (including phenoxy) is 1. The topological polar surface area (TPSA) is 84.7 Å². The number of carbonyl (C=O) groups excluding carboxylic acids is 1. The van der Waals surface area contributed by atoms with Gasteiger partial charge in [0, 0.05) is 31.2 Å². The maximum Gasteiger partial charge on any atom is 0.273 e. The van der Waals surface area contributed by atoms with Crippen LogP contribution in [0.4, 0.5) is 5.69 Å². The predicted molar refractivity (Wildman–Crippen MR) is 100 cm³/mol. The number of amides is 1. The zero-order chi connectivity index (χ0) is 19.3. The second-order valence-corrected chi connectivity index (χ2v) is 7.98. The van der Waals surface area contributed by atoms with Crippen LogP contribution in [0, 0.1) is 22.0 Å². The van der Waals surface area contributed by atoms with Crippen LogP contribution in [0.2, 0.25) is 0 Å². The van der Waals surface area contributed by atoms with Crippen LogP contribution in [0.5, 0.6) is 5.75 Å². The quantitative estimate of drug-likeness (QED) is 0.595. The summed E-state index contributed by atoms with van der Waals surface area (Å²) in [5, 5.41) is 13.7. The van der Waals surface area contributed by atoms with Crippen molar-refractivity contribution < 1.29 is 14.5 Å². The molecule has 2 unspecified atom stereocenters. The zero-order valence-corrected chi connectivity index (χ0v) is 16.0. The number of nitrogens with one attached hydrogen (secondary N) is 1. The molecule has 1 N–H and O–H groups in total. The van der Waals surface area contributed by atoms with Gasteiger partial charge in [-0.3, -0.25) is 19.8 Å². The summed E-state index contributed by atoms with van der Waals surface area (Å²) in [4.78, 5) is 24.8. The van der Waals surface area contributed by atoms with Gasteiger partial charge in [0.25, 0.3) is 11.6 Å². The molecule has 1 fully saturated rings. The van der Waals surface area contributed by atoms with Crippen molar-refractivity contribution in [3.8, 4) is 5.75 Å². The van der Waals surface area contributed by atoms with Gasteiger partial charge in [-0.05, 0) is 38.2 Å². The highest BCUT2D eigenvalue weighted by Crippen LogP contribution is 2.26. The molecular formula is C19H29N3O4. The number of benzene rings is 1. The van der Waals surface area contributed by atoms with E-state index in [1.54, 1.807) is 6.07 Å². The van der Waals surface area contributed by atoms with E-state index in [9.17, 15) is 14.9 Å². The Morgan fingerprint density at radius 1 is 1.35 bits per heavy atom. The molecule has 1 amide bonds. The SMILES string of the molecule is CC1CC(C)CN(C(C)(C)CNC(=O)COc2cccc([N+](=O)[O-])c2)C1. The summed E-state index contributed by atoms with van der Waals surface area (Å²) in [5.74, 6) is 1.40. The Kier molecular flexibility index (Phi) is 6.58. The average Bonchev–Trinajstić information content (AvgIpc) is 2.57. The molecule has 0 spiro atoms. The number of rotatable bonds is 7. The van der Waals surface area contributed by atoms with E-state index in [0.717, 1.165) is 13.1 Å². The van der Waals surface area contributed by atoms with Gasteiger partial charge in [0.15, 0.2) is 6.61 Å². The molecule has 1 saturated heterocycles. The second kappa shape index (κ2) is 8.49. The van der Waals surface area contributed by atoms with Crippen molar-refractivity contribution in [2.45, 2.75) is 39.7 Å². The molecule has 7 heteroatoms. The lowest BCUT2D eigenvalue weighted by Crippen LogP contribution is -2.56. The van der Waals surface area contributed by atoms with Crippen LogP contribution in [0.3, 0.4) is 0 Å². The molecule has 2 atom stereocenters. The van der Waals surface area contributed by atoms with Crippen LogP contribution in [-0.4, -0.2) is 47.5 Å². The van der Waals surface area contributed by atoms with Gasteiger partial charge in [0.2, 0.25) is 0 Å². The normalized spacial score (nSPS) is 21.2.